The second kappa shape index (κ2) is 5.26. The lowest BCUT2D eigenvalue weighted by molar-refractivity contribution is -0.138. The molecule has 0 radical (unpaired) electrons. The SMILES string of the molecule is COc1c(CS(=O)(=O)Cl)cc(Br)cc1C(F)(F)F. The summed E-state index contributed by atoms with van der Waals surface area (Å²) in [5.41, 5.74) is -1.22. The first-order valence-corrected chi connectivity index (χ1v) is 7.67. The minimum Gasteiger partial charge on any atom is -0.496 e. The van der Waals surface area contributed by atoms with Crippen molar-refractivity contribution in [2.75, 3.05) is 7.11 Å². The molecule has 1 rings (SSSR count). The Kier molecular flexibility index (Phi) is 4.56. The van der Waals surface area contributed by atoms with Gasteiger partial charge in [0, 0.05) is 20.7 Å². The van der Waals surface area contributed by atoms with Crippen molar-refractivity contribution in [2.45, 2.75) is 11.9 Å². The molecule has 1 aromatic rings. The molecule has 0 amide bonds. The van der Waals surface area contributed by atoms with Gasteiger partial charge in [0.15, 0.2) is 0 Å². The highest BCUT2D eigenvalue weighted by Crippen LogP contribution is 2.40. The highest BCUT2D eigenvalue weighted by Gasteiger charge is 2.36. The first kappa shape index (κ1) is 15.6. The molecule has 9 heteroatoms. The summed E-state index contributed by atoms with van der Waals surface area (Å²) in [7, 11) is 2.08. The zero-order chi connectivity index (χ0) is 14.1. The number of benzene rings is 1. The highest BCUT2D eigenvalue weighted by molar-refractivity contribution is 9.10. The maximum atomic E-state index is 12.7. The summed E-state index contributed by atoms with van der Waals surface area (Å²) in [6.45, 7) is 0. The zero-order valence-corrected chi connectivity index (χ0v) is 12.0. The van der Waals surface area contributed by atoms with Crippen LogP contribution < -0.4 is 4.74 Å². The van der Waals surface area contributed by atoms with Crippen LogP contribution in [0.3, 0.4) is 0 Å². The first-order valence-electron chi connectivity index (χ1n) is 4.40. The molecular formula is C9H7BrClF3O3S. The molecule has 0 fully saturated rings. The summed E-state index contributed by atoms with van der Waals surface area (Å²) < 4.78 is 64.9. The topological polar surface area (TPSA) is 43.4 Å². The van der Waals surface area contributed by atoms with Crippen molar-refractivity contribution in [3.05, 3.63) is 27.7 Å². The molecular weight excluding hydrogens is 361 g/mol. The summed E-state index contributed by atoms with van der Waals surface area (Å²) in [6.07, 6.45) is -4.65. The number of ether oxygens (including phenoxy) is 1. The minimum absolute atomic E-state index is 0.0888. The van der Waals surface area contributed by atoms with Gasteiger partial charge in [0.1, 0.15) is 5.75 Å². The van der Waals surface area contributed by atoms with Crippen LogP contribution in [-0.4, -0.2) is 15.5 Å². The molecule has 0 aliphatic heterocycles. The number of halogens is 5. The van der Waals surface area contributed by atoms with Gasteiger partial charge in [-0.1, -0.05) is 15.9 Å². The monoisotopic (exact) mass is 366 g/mol. The average molecular weight is 368 g/mol. The van der Waals surface area contributed by atoms with Crippen LogP contribution in [0.25, 0.3) is 0 Å². The zero-order valence-electron chi connectivity index (χ0n) is 8.88. The molecule has 0 saturated carbocycles. The Bertz CT molecular complexity index is 557. The van der Waals surface area contributed by atoms with Gasteiger partial charge in [0.05, 0.1) is 18.4 Å². The van der Waals surface area contributed by atoms with Crippen LogP contribution in [0, 0.1) is 0 Å². The fourth-order valence-corrected chi connectivity index (χ4v) is 2.84. The summed E-state index contributed by atoms with van der Waals surface area (Å²) in [6, 6.07) is 2.02. The lowest BCUT2D eigenvalue weighted by Gasteiger charge is -2.15. The Morgan fingerprint density at radius 1 is 1.39 bits per heavy atom. The molecule has 0 heterocycles. The van der Waals surface area contributed by atoms with Gasteiger partial charge in [-0.05, 0) is 12.1 Å². The Balaban J connectivity index is 3.48. The Labute approximate surface area is 114 Å². The molecule has 3 nitrogen and oxygen atoms in total. The van der Waals surface area contributed by atoms with E-state index in [0.717, 1.165) is 13.2 Å². The van der Waals surface area contributed by atoms with Crippen molar-refractivity contribution in [2.24, 2.45) is 0 Å². The van der Waals surface area contributed by atoms with Gasteiger partial charge in [-0.2, -0.15) is 13.2 Å². The van der Waals surface area contributed by atoms with E-state index in [1.165, 1.54) is 6.07 Å². The molecule has 0 aliphatic rings. The van der Waals surface area contributed by atoms with Gasteiger partial charge < -0.3 is 4.74 Å². The van der Waals surface area contributed by atoms with E-state index in [1.54, 1.807) is 0 Å². The second-order valence-corrected chi connectivity index (χ2v) is 7.02. The van der Waals surface area contributed by atoms with Gasteiger partial charge in [-0.25, -0.2) is 8.42 Å². The van der Waals surface area contributed by atoms with Crippen LogP contribution in [-0.2, 0) is 21.0 Å². The first-order chi connectivity index (χ1) is 8.04. The van der Waals surface area contributed by atoms with E-state index in [4.69, 9.17) is 10.7 Å². The Morgan fingerprint density at radius 3 is 2.33 bits per heavy atom. The van der Waals surface area contributed by atoms with E-state index in [2.05, 4.69) is 20.7 Å². The number of methoxy groups -OCH3 is 1. The van der Waals surface area contributed by atoms with E-state index in [9.17, 15) is 21.6 Å². The smallest absolute Gasteiger partial charge is 0.420 e. The molecule has 0 unspecified atom stereocenters. The van der Waals surface area contributed by atoms with Crippen LogP contribution in [0.5, 0.6) is 5.75 Å². The average Bonchev–Trinajstić information content (AvgIpc) is 2.12. The Morgan fingerprint density at radius 2 is 1.94 bits per heavy atom. The van der Waals surface area contributed by atoms with E-state index in [-0.39, 0.29) is 10.0 Å². The molecule has 0 saturated heterocycles. The summed E-state index contributed by atoms with van der Waals surface area (Å²) in [5, 5.41) is 0. The number of alkyl halides is 3. The van der Waals surface area contributed by atoms with E-state index >= 15 is 0 Å². The van der Waals surface area contributed by atoms with Gasteiger partial charge >= 0.3 is 6.18 Å². The van der Waals surface area contributed by atoms with Crippen molar-refractivity contribution in [1.82, 2.24) is 0 Å². The molecule has 1 aromatic carbocycles. The molecule has 0 aliphatic carbocycles. The van der Waals surface area contributed by atoms with Crippen molar-refractivity contribution >= 4 is 35.7 Å². The van der Waals surface area contributed by atoms with Gasteiger partial charge in [0.25, 0.3) is 0 Å². The van der Waals surface area contributed by atoms with Crippen molar-refractivity contribution in [1.29, 1.82) is 0 Å². The fourth-order valence-electron chi connectivity index (χ4n) is 1.39. The van der Waals surface area contributed by atoms with E-state index in [1.807, 2.05) is 0 Å². The third-order valence-electron chi connectivity index (χ3n) is 1.97. The number of hydrogen-bond donors (Lipinski definition) is 0. The lowest BCUT2D eigenvalue weighted by atomic mass is 10.1. The van der Waals surface area contributed by atoms with Crippen LogP contribution in [0.2, 0.25) is 0 Å². The largest absolute Gasteiger partial charge is 0.496 e. The fraction of sp³-hybridized carbons (Fsp3) is 0.333. The maximum Gasteiger partial charge on any atom is 0.420 e. The van der Waals surface area contributed by atoms with Gasteiger partial charge in [-0.15, -0.1) is 0 Å². The van der Waals surface area contributed by atoms with Crippen LogP contribution in [0.15, 0.2) is 16.6 Å². The summed E-state index contributed by atoms with van der Waals surface area (Å²) in [5.74, 6) is -1.30. The third-order valence-corrected chi connectivity index (χ3v) is 3.41. The molecule has 18 heavy (non-hydrogen) atoms. The van der Waals surface area contributed by atoms with Crippen molar-refractivity contribution in [3.8, 4) is 5.75 Å². The van der Waals surface area contributed by atoms with E-state index < -0.39 is 32.3 Å². The summed E-state index contributed by atoms with van der Waals surface area (Å²) >= 11 is 2.88. The molecule has 0 spiro atoms. The predicted molar refractivity (Wildman–Crippen MR) is 64.2 cm³/mol. The Hall–Kier alpha value is -0.470. The molecule has 102 valence electrons. The normalized spacial score (nSPS) is 12.6. The van der Waals surface area contributed by atoms with Crippen molar-refractivity contribution in [3.63, 3.8) is 0 Å². The van der Waals surface area contributed by atoms with Crippen LogP contribution in [0.1, 0.15) is 11.1 Å². The standard InChI is InChI=1S/C9H7BrClF3O3S/c1-17-8-5(4-18(11,15)16)2-6(10)3-7(8)9(12,13)14/h2-3H,4H2,1H3. The van der Waals surface area contributed by atoms with Gasteiger partial charge in [-0.3, -0.25) is 0 Å². The van der Waals surface area contributed by atoms with Crippen molar-refractivity contribution < 1.29 is 26.3 Å². The highest BCUT2D eigenvalue weighted by atomic mass is 79.9. The molecule has 0 atom stereocenters. The second-order valence-electron chi connectivity index (χ2n) is 3.33. The lowest BCUT2D eigenvalue weighted by Crippen LogP contribution is -2.10. The number of rotatable bonds is 3. The van der Waals surface area contributed by atoms with E-state index in [0.29, 0.717) is 0 Å². The van der Waals surface area contributed by atoms with Crippen LogP contribution in [0.4, 0.5) is 13.2 Å². The molecule has 0 aromatic heterocycles. The predicted octanol–water partition coefficient (Wildman–Crippen LogP) is 3.55. The maximum absolute atomic E-state index is 12.7. The molecule has 0 N–H and O–H groups in total. The third kappa shape index (κ3) is 4.03. The quantitative estimate of drug-likeness (QED) is 0.768. The van der Waals surface area contributed by atoms with Gasteiger partial charge in [0.2, 0.25) is 9.05 Å². The minimum atomic E-state index is -4.65. The van der Waals surface area contributed by atoms with Crippen LogP contribution >= 0.6 is 26.6 Å². The number of hydrogen-bond acceptors (Lipinski definition) is 3. The molecule has 0 bridgehead atoms. The summed E-state index contributed by atoms with van der Waals surface area (Å²) in [4.78, 5) is 0.